The Hall–Kier alpha value is -8.39. The van der Waals surface area contributed by atoms with Gasteiger partial charge in [-0.05, 0) is 212 Å². The van der Waals surface area contributed by atoms with Crippen LogP contribution in [0, 0.1) is 28.6 Å². The van der Waals surface area contributed by atoms with Gasteiger partial charge in [-0.3, -0.25) is 14.4 Å². The zero-order valence-corrected chi connectivity index (χ0v) is 56.5. The minimum absolute atomic E-state index is 0.00152. The lowest BCUT2D eigenvalue weighted by atomic mass is 9.67. The number of rotatable bonds is 17. The maximum Gasteiger partial charge on any atom is 0.409 e. The van der Waals surface area contributed by atoms with Crippen molar-refractivity contribution < 1.29 is 71.3 Å². The van der Waals surface area contributed by atoms with Crippen LogP contribution < -0.4 is 43.6 Å². The van der Waals surface area contributed by atoms with E-state index in [0.29, 0.717) is 85.8 Å². The lowest BCUT2D eigenvalue weighted by Crippen LogP contribution is -2.40. The Morgan fingerprint density at radius 3 is 1.21 bits per heavy atom. The van der Waals surface area contributed by atoms with Gasteiger partial charge in [0.1, 0.15) is 17.5 Å². The molecule has 0 bridgehead atoms. The molecule has 2 N–H and O–H groups in total. The fourth-order valence-electron chi connectivity index (χ4n) is 14.9. The first-order chi connectivity index (χ1) is 46.1. The number of Topliss-reactive ketones (excluding diaryl/α,β-unsaturated/α-hetero) is 2. The second kappa shape index (κ2) is 33.8. The van der Waals surface area contributed by atoms with Crippen molar-refractivity contribution in [3.63, 3.8) is 0 Å². The highest BCUT2D eigenvalue weighted by Gasteiger charge is 2.45. The van der Waals surface area contributed by atoms with Gasteiger partial charge in [-0.1, -0.05) is 24.3 Å². The van der Waals surface area contributed by atoms with Gasteiger partial charge in [0.15, 0.2) is 46.0 Å². The summed E-state index contributed by atoms with van der Waals surface area (Å²) in [6.45, 7) is 2.85. The summed E-state index contributed by atoms with van der Waals surface area (Å²) in [7, 11) is 9.25. The molecular formula is C75H97N5O15. The van der Waals surface area contributed by atoms with Gasteiger partial charge < -0.3 is 62.9 Å². The molecule has 2 saturated heterocycles. The average Bonchev–Trinajstić information content (AvgIpc) is 1.35. The standard InChI is InChI=1S/C21H25NO5.C19H23NO3.C18H25NO4.C17H24N2O3/c1-25-18-8-7-14(11-19(18)27-15-5-3-4-6-15)21(13-22)10-9-16(17(23)12-21)20(24)26-2;1-22-17-9-8-14(11-18(17)23-16-6-2-3-7-16)19(13-20)10-4-5-15(21)12-19;1-21-16-8-7-13(11-17(16)23-15-5-3-4-6-15)14-9-10-19(12-14)18(20)22-2;1-21-15-7-6-12(13-8-9-19(11-13)17(18)20)10-16(15)22-14-4-2-3-5-14/h7-8,11,15-16H,3-6,9-10,12H2,1-2H3;8-9,11,16H,2-7,10,12H2,1H3;7-8,11,14-15H,3-6,9-10,12H2,1-2H3;6-7,10,13-14H,2-5,8-9,11H2,1H3,(H2,18,20). The second-order valence-electron chi connectivity index (χ2n) is 26.5. The first kappa shape index (κ1) is 70.9. The van der Waals surface area contributed by atoms with Crippen molar-refractivity contribution in [3.05, 3.63) is 95.1 Å². The average molecular weight is 1310 g/mol. The maximum absolute atomic E-state index is 12.5. The van der Waals surface area contributed by atoms with E-state index in [2.05, 4.69) is 36.4 Å². The van der Waals surface area contributed by atoms with Gasteiger partial charge in [0.25, 0.3) is 0 Å². The van der Waals surface area contributed by atoms with Gasteiger partial charge in [0.2, 0.25) is 0 Å². The number of nitriles is 2. The smallest absolute Gasteiger partial charge is 0.409 e. The third kappa shape index (κ3) is 17.9. The molecule has 95 heavy (non-hydrogen) atoms. The molecule has 2 aliphatic heterocycles. The Balaban J connectivity index is 0.000000149. The topological polar surface area (TPSA) is 258 Å². The van der Waals surface area contributed by atoms with Gasteiger partial charge in [-0.25, -0.2) is 9.59 Å². The molecule has 2 heterocycles. The van der Waals surface area contributed by atoms with E-state index in [4.69, 9.17) is 53.1 Å². The van der Waals surface area contributed by atoms with Crippen LogP contribution in [0.4, 0.5) is 9.59 Å². The van der Waals surface area contributed by atoms with Gasteiger partial charge in [-0.2, -0.15) is 10.5 Å². The Morgan fingerprint density at radius 1 is 0.463 bits per heavy atom. The number of ether oxygens (including phenoxy) is 10. The monoisotopic (exact) mass is 1310 g/mol. The largest absolute Gasteiger partial charge is 0.493 e. The summed E-state index contributed by atoms with van der Waals surface area (Å²) >= 11 is 0. The van der Waals surface area contributed by atoms with E-state index in [-0.39, 0.29) is 42.3 Å². The fourth-order valence-corrected chi connectivity index (χ4v) is 14.9. The molecule has 8 fully saturated rings. The minimum Gasteiger partial charge on any atom is -0.493 e. The number of likely N-dealkylation sites (tertiary alicyclic amines) is 2. The number of primary amides is 1. The highest BCUT2D eigenvalue weighted by molar-refractivity contribution is 6.00. The van der Waals surface area contributed by atoms with Gasteiger partial charge in [0.05, 0.1) is 90.0 Å². The van der Waals surface area contributed by atoms with E-state index in [1.807, 2.05) is 42.5 Å². The molecule has 8 aliphatic rings. The van der Waals surface area contributed by atoms with Crippen LogP contribution in [0.3, 0.4) is 0 Å². The summed E-state index contributed by atoms with van der Waals surface area (Å²) in [6.07, 6.45) is 24.0. The molecule has 4 aromatic carbocycles. The molecule has 4 aromatic rings. The highest BCUT2D eigenvalue weighted by atomic mass is 16.6. The van der Waals surface area contributed by atoms with E-state index in [9.17, 15) is 34.5 Å². The quantitative estimate of drug-likeness (QED) is 0.0761. The molecule has 5 unspecified atom stereocenters. The molecular weight excluding hydrogens is 1210 g/mol. The summed E-state index contributed by atoms with van der Waals surface area (Å²) < 4.78 is 55.8. The lowest BCUT2D eigenvalue weighted by molar-refractivity contribution is -0.151. The Labute approximate surface area is 560 Å². The van der Waals surface area contributed by atoms with Gasteiger partial charge >= 0.3 is 18.1 Å². The number of ketones is 2. The van der Waals surface area contributed by atoms with Crippen molar-refractivity contribution in [1.29, 1.82) is 10.5 Å². The number of amides is 3. The third-order valence-corrected chi connectivity index (χ3v) is 20.5. The molecule has 5 atom stereocenters. The minimum atomic E-state index is -0.957. The number of benzene rings is 4. The van der Waals surface area contributed by atoms with Crippen LogP contribution >= 0.6 is 0 Å². The van der Waals surface area contributed by atoms with Crippen LogP contribution in [0.1, 0.15) is 195 Å². The van der Waals surface area contributed by atoms with Crippen molar-refractivity contribution in [1.82, 2.24) is 9.80 Å². The van der Waals surface area contributed by atoms with E-state index in [1.165, 1.54) is 63.9 Å². The second-order valence-corrected chi connectivity index (χ2v) is 26.5. The summed E-state index contributed by atoms with van der Waals surface area (Å²) in [5.41, 5.74) is 7.70. The number of carbonyl (C=O) groups is 5. The fraction of sp³-hybridized carbons (Fsp3) is 0.587. The molecule has 0 aromatic heterocycles. The number of hydrogen-bond donors (Lipinski definition) is 1. The Morgan fingerprint density at radius 2 is 0.853 bits per heavy atom. The Bertz CT molecular complexity index is 3360. The molecule has 512 valence electrons. The van der Waals surface area contributed by atoms with Crippen LogP contribution in [0.15, 0.2) is 72.8 Å². The van der Waals surface area contributed by atoms with Crippen LogP contribution in [0.25, 0.3) is 0 Å². The van der Waals surface area contributed by atoms with Crippen molar-refractivity contribution in [3.8, 4) is 58.1 Å². The molecule has 6 aliphatic carbocycles. The van der Waals surface area contributed by atoms with E-state index >= 15 is 0 Å². The molecule has 20 heteroatoms. The molecule has 0 radical (unpaired) electrons. The number of nitrogens with zero attached hydrogens (tertiary/aromatic N) is 4. The zero-order chi connectivity index (χ0) is 67.5. The van der Waals surface area contributed by atoms with Crippen LogP contribution in [-0.2, 0) is 34.7 Å². The number of urea groups is 1. The zero-order valence-electron chi connectivity index (χ0n) is 56.5. The summed E-state index contributed by atoms with van der Waals surface area (Å²) in [5.74, 6) is 5.11. The van der Waals surface area contributed by atoms with Crippen molar-refractivity contribution in [2.75, 3.05) is 68.8 Å². The maximum atomic E-state index is 12.5. The molecule has 12 rings (SSSR count). The van der Waals surface area contributed by atoms with E-state index in [1.54, 1.807) is 44.3 Å². The van der Waals surface area contributed by atoms with Crippen LogP contribution in [-0.4, -0.2) is 133 Å². The van der Waals surface area contributed by atoms with Crippen molar-refractivity contribution in [2.45, 2.75) is 208 Å². The number of carbonyl (C=O) groups excluding carboxylic acids is 5. The van der Waals surface area contributed by atoms with E-state index in [0.717, 1.165) is 137 Å². The summed E-state index contributed by atoms with van der Waals surface area (Å²) in [6, 6.07) is 27.7. The number of methoxy groups -OCH3 is 6. The van der Waals surface area contributed by atoms with Gasteiger partial charge in [0, 0.05) is 57.3 Å². The molecule has 20 nitrogen and oxygen atoms in total. The molecule has 0 spiro atoms. The molecule has 6 saturated carbocycles. The van der Waals surface area contributed by atoms with Crippen LogP contribution in [0.5, 0.6) is 46.0 Å². The van der Waals surface area contributed by atoms with Gasteiger partial charge in [-0.15, -0.1) is 0 Å². The summed E-state index contributed by atoms with van der Waals surface area (Å²) in [4.78, 5) is 62.6. The predicted octanol–water partition coefficient (Wildman–Crippen LogP) is 13.7. The first-order valence-corrected chi connectivity index (χ1v) is 34.3. The predicted molar refractivity (Wildman–Crippen MR) is 356 cm³/mol. The highest BCUT2D eigenvalue weighted by Crippen LogP contribution is 2.46. The van der Waals surface area contributed by atoms with Crippen LogP contribution in [0.2, 0.25) is 0 Å². The summed E-state index contributed by atoms with van der Waals surface area (Å²) in [5, 5.41) is 19.6. The SMILES string of the molecule is COC(=O)C1CCC(C#N)(c2ccc(OC)c(OC3CCCC3)c2)CC1=O.COC(=O)N1CCC(c2ccc(OC)c(OC3CCCC3)c2)C1.COc1ccc(C2(C#N)CCCC(=O)C2)cc1OC1CCCC1.COc1ccc(C2CCN(C(N)=O)C2)cc1OC1CCCC1. The van der Waals surface area contributed by atoms with E-state index < -0.39 is 22.7 Å². The Kier molecular flexibility index (Phi) is 25.2. The number of nitrogens with two attached hydrogens (primary N) is 1. The number of esters is 1. The third-order valence-electron chi connectivity index (χ3n) is 20.5. The van der Waals surface area contributed by atoms with Crippen molar-refractivity contribution >= 4 is 29.7 Å². The lowest BCUT2D eigenvalue weighted by Gasteiger charge is -2.33. The first-order valence-electron chi connectivity index (χ1n) is 34.3. The molecule has 3 amide bonds. The normalized spacial score (nSPS) is 23.7. The number of hydrogen-bond acceptors (Lipinski definition) is 17. The van der Waals surface area contributed by atoms with Crippen molar-refractivity contribution in [2.24, 2.45) is 11.7 Å².